The summed E-state index contributed by atoms with van der Waals surface area (Å²) in [5.74, 6) is -0.899. The summed E-state index contributed by atoms with van der Waals surface area (Å²) in [5, 5.41) is 11.9. The van der Waals surface area contributed by atoms with Gasteiger partial charge in [-0.25, -0.2) is 0 Å². The Kier molecular flexibility index (Phi) is 3.45. The fourth-order valence-corrected chi connectivity index (χ4v) is 3.31. The molecule has 0 spiro atoms. The SMILES string of the molecule is CN1CCC(c2cccc3ccccc23)C(C(=O)O)C1. The van der Waals surface area contributed by atoms with Gasteiger partial charge >= 0.3 is 5.97 Å². The second-order valence-electron chi connectivity index (χ2n) is 5.67. The first-order valence-electron chi connectivity index (χ1n) is 7.06. The molecule has 1 N–H and O–H groups in total. The van der Waals surface area contributed by atoms with Gasteiger partial charge in [-0.1, -0.05) is 42.5 Å². The van der Waals surface area contributed by atoms with Crippen LogP contribution in [0.2, 0.25) is 0 Å². The standard InChI is InChI=1S/C17H19NO2/c1-18-10-9-15(16(11-18)17(19)20)14-8-4-6-12-5-2-3-7-13(12)14/h2-8,15-16H,9-11H2,1H3,(H,19,20). The Bertz CT molecular complexity index is 632. The van der Waals surface area contributed by atoms with Crippen LogP contribution in [0.3, 0.4) is 0 Å². The van der Waals surface area contributed by atoms with Crippen LogP contribution < -0.4 is 0 Å². The third-order valence-corrected chi connectivity index (χ3v) is 4.36. The highest BCUT2D eigenvalue weighted by Crippen LogP contribution is 2.36. The largest absolute Gasteiger partial charge is 0.481 e. The number of hydrogen-bond donors (Lipinski definition) is 1. The molecule has 2 aromatic carbocycles. The first kappa shape index (κ1) is 13.1. The van der Waals surface area contributed by atoms with Crippen molar-refractivity contribution < 1.29 is 9.90 Å². The van der Waals surface area contributed by atoms with Gasteiger partial charge in [0, 0.05) is 12.5 Å². The molecular weight excluding hydrogens is 250 g/mol. The van der Waals surface area contributed by atoms with Crippen LogP contribution in [-0.2, 0) is 4.79 Å². The fraction of sp³-hybridized carbons (Fsp3) is 0.353. The number of carboxylic acids is 1. The molecule has 0 aliphatic carbocycles. The minimum Gasteiger partial charge on any atom is -0.481 e. The number of nitrogens with zero attached hydrogens (tertiary/aromatic N) is 1. The number of rotatable bonds is 2. The van der Waals surface area contributed by atoms with Crippen molar-refractivity contribution in [3.63, 3.8) is 0 Å². The minimum atomic E-state index is -0.686. The van der Waals surface area contributed by atoms with Crippen LogP contribution in [0.25, 0.3) is 10.8 Å². The second-order valence-corrected chi connectivity index (χ2v) is 5.67. The molecule has 0 radical (unpaired) electrons. The van der Waals surface area contributed by atoms with E-state index >= 15 is 0 Å². The minimum absolute atomic E-state index is 0.106. The van der Waals surface area contributed by atoms with Crippen LogP contribution in [0.4, 0.5) is 0 Å². The van der Waals surface area contributed by atoms with Crippen LogP contribution in [0, 0.1) is 5.92 Å². The molecule has 1 aliphatic heterocycles. The Morgan fingerprint density at radius 1 is 1.20 bits per heavy atom. The van der Waals surface area contributed by atoms with Crippen molar-refractivity contribution in [3.05, 3.63) is 48.0 Å². The van der Waals surface area contributed by atoms with Crippen molar-refractivity contribution in [1.82, 2.24) is 4.90 Å². The number of carboxylic acid groups (broad SMARTS) is 1. The maximum atomic E-state index is 11.6. The second kappa shape index (κ2) is 5.25. The molecule has 3 heteroatoms. The summed E-state index contributed by atoms with van der Waals surface area (Å²) in [7, 11) is 2.00. The van der Waals surface area contributed by atoms with Gasteiger partial charge in [-0.05, 0) is 36.3 Å². The highest BCUT2D eigenvalue weighted by atomic mass is 16.4. The molecule has 104 valence electrons. The summed E-state index contributed by atoms with van der Waals surface area (Å²) in [6.45, 7) is 1.58. The Hall–Kier alpha value is -1.87. The van der Waals surface area contributed by atoms with E-state index < -0.39 is 5.97 Å². The van der Waals surface area contributed by atoms with Crippen LogP contribution in [0.5, 0.6) is 0 Å². The maximum Gasteiger partial charge on any atom is 0.308 e. The first-order valence-corrected chi connectivity index (χ1v) is 7.06. The van der Waals surface area contributed by atoms with E-state index in [1.807, 2.05) is 25.2 Å². The van der Waals surface area contributed by atoms with Gasteiger partial charge < -0.3 is 10.0 Å². The number of likely N-dealkylation sites (tertiary alicyclic amines) is 1. The summed E-state index contributed by atoms with van der Waals surface area (Å²) in [5.41, 5.74) is 1.18. The molecule has 20 heavy (non-hydrogen) atoms. The lowest BCUT2D eigenvalue weighted by Crippen LogP contribution is -2.40. The van der Waals surface area contributed by atoms with E-state index in [0.717, 1.165) is 13.0 Å². The van der Waals surface area contributed by atoms with Gasteiger partial charge in [-0.2, -0.15) is 0 Å². The molecular formula is C17H19NO2. The molecule has 3 rings (SSSR count). The van der Waals surface area contributed by atoms with Crippen molar-refractivity contribution in [3.8, 4) is 0 Å². The Morgan fingerprint density at radius 3 is 2.75 bits per heavy atom. The number of aliphatic carboxylic acids is 1. The lowest BCUT2D eigenvalue weighted by Gasteiger charge is -2.35. The molecule has 0 saturated carbocycles. The molecule has 0 aromatic heterocycles. The van der Waals surface area contributed by atoms with Crippen molar-refractivity contribution >= 4 is 16.7 Å². The zero-order chi connectivity index (χ0) is 14.1. The zero-order valence-corrected chi connectivity index (χ0v) is 11.6. The van der Waals surface area contributed by atoms with Gasteiger partial charge in [0.05, 0.1) is 5.92 Å². The molecule has 2 aromatic rings. The molecule has 1 saturated heterocycles. The summed E-state index contributed by atoms with van der Waals surface area (Å²) in [4.78, 5) is 13.7. The predicted octanol–water partition coefficient (Wildman–Crippen LogP) is 2.96. The third kappa shape index (κ3) is 2.29. The monoisotopic (exact) mass is 269 g/mol. The Labute approximate surface area is 118 Å². The lowest BCUT2D eigenvalue weighted by molar-refractivity contribution is -0.144. The van der Waals surface area contributed by atoms with Crippen LogP contribution in [0.15, 0.2) is 42.5 Å². The Balaban J connectivity index is 2.07. The average Bonchev–Trinajstić information content (AvgIpc) is 2.46. The lowest BCUT2D eigenvalue weighted by atomic mass is 9.79. The molecule has 2 unspecified atom stereocenters. The summed E-state index contributed by atoms with van der Waals surface area (Å²) in [6, 6.07) is 14.4. The van der Waals surface area contributed by atoms with Crippen molar-refractivity contribution in [2.45, 2.75) is 12.3 Å². The van der Waals surface area contributed by atoms with E-state index in [1.165, 1.54) is 16.3 Å². The van der Waals surface area contributed by atoms with Gasteiger partial charge in [0.1, 0.15) is 0 Å². The third-order valence-electron chi connectivity index (χ3n) is 4.36. The normalized spacial score (nSPS) is 23.9. The number of fused-ring (bicyclic) bond motifs is 1. The molecule has 1 heterocycles. The quantitative estimate of drug-likeness (QED) is 0.911. The summed E-state index contributed by atoms with van der Waals surface area (Å²) >= 11 is 0. The Morgan fingerprint density at radius 2 is 1.95 bits per heavy atom. The van der Waals surface area contributed by atoms with E-state index in [0.29, 0.717) is 6.54 Å². The molecule has 3 nitrogen and oxygen atoms in total. The van der Waals surface area contributed by atoms with E-state index in [4.69, 9.17) is 0 Å². The summed E-state index contributed by atoms with van der Waals surface area (Å²) in [6.07, 6.45) is 0.904. The van der Waals surface area contributed by atoms with Crippen LogP contribution in [0.1, 0.15) is 17.9 Å². The van der Waals surface area contributed by atoms with Gasteiger partial charge in [0.2, 0.25) is 0 Å². The number of hydrogen-bond acceptors (Lipinski definition) is 2. The zero-order valence-electron chi connectivity index (χ0n) is 11.6. The van der Waals surface area contributed by atoms with E-state index in [9.17, 15) is 9.90 Å². The number of benzene rings is 2. The molecule has 1 fully saturated rings. The highest BCUT2D eigenvalue weighted by Gasteiger charge is 2.34. The van der Waals surface area contributed by atoms with Crippen molar-refractivity contribution in [2.24, 2.45) is 5.92 Å². The molecule has 1 aliphatic rings. The highest BCUT2D eigenvalue weighted by molar-refractivity contribution is 5.87. The molecule has 0 bridgehead atoms. The van der Waals surface area contributed by atoms with Crippen molar-refractivity contribution in [2.75, 3.05) is 20.1 Å². The predicted molar refractivity (Wildman–Crippen MR) is 79.9 cm³/mol. The molecule has 2 atom stereocenters. The molecule has 0 amide bonds. The number of piperidine rings is 1. The van der Waals surface area contributed by atoms with Crippen LogP contribution >= 0.6 is 0 Å². The van der Waals surface area contributed by atoms with Crippen molar-refractivity contribution in [1.29, 1.82) is 0 Å². The maximum absolute atomic E-state index is 11.6. The topological polar surface area (TPSA) is 40.5 Å². The first-order chi connectivity index (χ1) is 9.66. The van der Waals surface area contributed by atoms with E-state index in [1.54, 1.807) is 0 Å². The van der Waals surface area contributed by atoms with E-state index in [2.05, 4.69) is 29.2 Å². The van der Waals surface area contributed by atoms with E-state index in [-0.39, 0.29) is 11.8 Å². The van der Waals surface area contributed by atoms with Gasteiger partial charge in [0.25, 0.3) is 0 Å². The van der Waals surface area contributed by atoms with Gasteiger partial charge in [-0.3, -0.25) is 4.79 Å². The summed E-state index contributed by atoms with van der Waals surface area (Å²) < 4.78 is 0. The smallest absolute Gasteiger partial charge is 0.308 e. The fourth-order valence-electron chi connectivity index (χ4n) is 3.31. The van der Waals surface area contributed by atoms with Crippen LogP contribution in [-0.4, -0.2) is 36.1 Å². The average molecular weight is 269 g/mol. The van der Waals surface area contributed by atoms with Gasteiger partial charge in [0.15, 0.2) is 0 Å². The van der Waals surface area contributed by atoms with Gasteiger partial charge in [-0.15, -0.1) is 0 Å². The number of carbonyl (C=O) groups is 1.